The first-order valence-corrected chi connectivity index (χ1v) is 8.58. The van der Waals surface area contributed by atoms with Crippen molar-refractivity contribution in [2.75, 3.05) is 7.11 Å². The Morgan fingerprint density at radius 2 is 1.90 bits per heavy atom. The minimum atomic E-state index is -3.65. The van der Waals surface area contributed by atoms with E-state index in [2.05, 4.69) is 27.6 Å². The van der Waals surface area contributed by atoms with Crippen LogP contribution < -0.4 is 4.74 Å². The number of fused-ring (bicyclic) bond motifs is 1. The summed E-state index contributed by atoms with van der Waals surface area (Å²) in [5.74, 6) is 0.623. The van der Waals surface area contributed by atoms with Gasteiger partial charge in [0, 0.05) is 11.6 Å². The van der Waals surface area contributed by atoms with Crippen molar-refractivity contribution >= 4 is 43.6 Å². The molecule has 5 nitrogen and oxygen atoms in total. The molecule has 3 aromatic rings. The van der Waals surface area contributed by atoms with Crippen LogP contribution >= 0.6 is 22.6 Å². The third-order valence-corrected chi connectivity index (χ3v) is 5.90. The molecule has 0 radical (unpaired) electrons. The Kier molecular flexibility index (Phi) is 3.62. The molecule has 7 heteroatoms. The molecule has 0 unspecified atom stereocenters. The highest BCUT2D eigenvalue weighted by Gasteiger charge is 2.21. The van der Waals surface area contributed by atoms with E-state index in [9.17, 15) is 8.42 Å². The van der Waals surface area contributed by atoms with Crippen molar-refractivity contribution in [2.45, 2.75) is 4.90 Å². The summed E-state index contributed by atoms with van der Waals surface area (Å²) in [6, 6.07) is 10.0. The molecule has 21 heavy (non-hydrogen) atoms. The molecule has 0 bridgehead atoms. The second-order valence-corrected chi connectivity index (χ2v) is 7.20. The summed E-state index contributed by atoms with van der Waals surface area (Å²) in [6.07, 6.45) is 3.04. The Morgan fingerprint density at radius 3 is 2.57 bits per heavy atom. The molecule has 1 aromatic carbocycles. The van der Waals surface area contributed by atoms with Gasteiger partial charge in [-0.2, -0.15) is 0 Å². The molecular formula is C14H11IN2O3S. The van der Waals surface area contributed by atoms with Gasteiger partial charge in [0.05, 0.1) is 21.8 Å². The average molecular weight is 414 g/mol. The number of nitrogens with zero attached hydrogens (tertiary/aromatic N) is 2. The molecule has 2 heterocycles. The van der Waals surface area contributed by atoms with E-state index in [4.69, 9.17) is 4.74 Å². The average Bonchev–Trinajstić information content (AvgIpc) is 2.94. The van der Waals surface area contributed by atoms with Crippen LogP contribution in [0, 0.1) is 3.57 Å². The Hall–Kier alpha value is -1.61. The van der Waals surface area contributed by atoms with Crippen LogP contribution in [0.25, 0.3) is 11.0 Å². The molecule has 2 aromatic heterocycles. The van der Waals surface area contributed by atoms with Crippen molar-refractivity contribution in [1.82, 2.24) is 8.96 Å². The van der Waals surface area contributed by atoms with E-state index in [1.165, 1.54) is 16.4 Å². The molecular weight excluding hydrogens is 403 g/mol. The predicted molar refractivity (Wildman–Crippen MR) is 88.0 cm³/mol. The SMILES string of the molecule is COc1cnc2c(ccn2S(=O)(=O)c2ccccc2)c1I. The number of methoxy groups -OCH3 is 1. The summed E-state index contributed by atoms with van der Waals surface area (Å²) in [6.45, 7) is 0. The highest BCUT2D eigenvalue weighted by molar-refractivity contribution is 14.1. The zero-order valence-electron chi connectivity index (χ0n) is 11.0. The lowest BCUT2D eigenvalue weighted by molar-refractivity contribution is 0.411. The van der Waals surface area contributed by atoms with Crippen LogP contribution in [-0.2, 0) is 10.0 Å². The van der Waals surface area contributed by atoms with Crippen LogP contribution in [-0.4, -0.2) is 24.5 Å². The minimum Gasteiger partial charge on any atom is -0.494 e. The first-order chi connectivity index (χ1) is 10.1. The summed E-state index contributed by atoms with van der Waals surface area (Å²) in [5, 5.41) is 0.745. The van der Waals surface area contributed by atoms with Gasteiger partial charge in [-0.15, -0.1) is 0 Å². The molecule has 0 aliphatic heterocycles. The van der Waals surface area contributed by atoms with E-state index < -0.39 is 10.0 Å². The van der Waals surface area contributed by atoms with Gasteiger partial charge in [-0.3, -0.25) is 0 Å². The molecule has 0 spiro atoms. The van der Waals surface area contributed by atoms with Gasteiger partial charge in [-0.05, 0) is 40.8 Å². The van der Waals surface area contributed by atoms with E-state index in [0.717, 1.165) is 8.96 Å². The highest BCUT2D eigenvalue weighted by atomic mass is 127. The number of hydrogen-bond acceptors (Lipinski definition) is 4. The van der Waals surface area contributed by atoms with Crippen molar-refractivity contribution in [1.29, 1.82) is 0 Å². The number of ether oxygens (including phenoxy) is 1. The van der Waals surface area contributed by atoms with E-state index in [0.29, 0.717) is 11.4 Å². The number of rotatable bonds is 3. The van der Waals surface area contributed by atoms with Crippen molar-refractivity contribution < 1.29 is 13.2 Å². The van der Waals surface area contributed by atoms with Crippen LogP contribution in [0.5, 0.6) is 5.75 Å². The number of pyridine rings is 1. The van der Waals surface area contributed by atoms with Gasteiger partial charge in [0.2, 0.25) is 0 Å². The Morgan fingerprint density at radius 1 is 1.19 bits per heavy atom. The number of halogens is 1. The summed E-state index contributed by atoms with van der Waals surface area (Å²) < 4.78 is 32.6. The molecule has 0 saturated carbocycles. The van der Waals surface area contributed by atoms with Crippen LogP contribution in [0.2, 0.25) is 0 Å². The summed E-state index contributed by atoms with van der Waals surface area (Å²) in [7, 11) is -2.09. The van der Waals surface area contributed by atoms with E-state index in [1.807, 2.05) is 0 Å². The second-order valence-electron chi connectivity index (χ2n) is 4.31. The van der Waals surface area contributed by atoms with E-state index in [1.54, 1.807) is 43.5 Å². The summed E-state index contributed by atoms with van der Waals surface area (Å²) >= 11 is 2.12. The van der Waals surface area contributed by atoms with Crippen LogP contribution in [0.3, 0.4) is 0 Å². The number of aromatic nitrogens is 2. The lowest BCUT2D eigenvalue weighted by Crippen LogP contribution is -2.12. The molecule has 0 atom stereocenters. The molecule has 0 saturated heterocycles. The Bertz CT molecular complexity index is 905. The lowest BCUT2D eigenvalue weighted by atomic mass is 10.3. The van der Waals surface area contributed by atoms with Gasteiger partial charge in [0.25, 0.3) is 10.0 Å². The summed E-state index contributed by atoms with van der Waals surface area (Å²) in [4.78, 5) is 4.45. The van der Waals surface area contributed by atoms with Crippen molar-refractivity contribution in [3.63, 3.8) is 0 Å². The van der Waals surface area contributed by atoms with Crippen LogP contribution in [0.15, 0.2) is 53.7 Å². The zero-order chi connectivity index (χ0) is 15.0. The largest absolute Gasteiger partial charge is 0.494 e. The van der Waals surface area contributed by atoms with Gasteiger partial charge < -0.3 is 4.74 Å². The van der Waals surface area contributed by atoms with Crippen LogP contribution in [0.4, 0.5) is 0 Å². The van der Waals surface area contributed by atoms with Gasteiger partial charge >= 0.3 is 0 Å². The fourth-order valence-electron chi connectivity index (χ4n) is 2.06. The fourth-order valence-corrected chi connectivity index (χ4v) is 4.16. The predicted octanol–water partition coefficient (Wildman–Crippen LogP) is 2.89. The maximum Gasteiger partial charge on any atom is 0.269 e. The quantitative estimate of drug-likeness (QED) is 0.619. The van der Waals surface area contributed by atoms with Crippen molar-refractivity contribution in [3.05, 3.63) is 52.4 Å². The second kappa shape index (κ2) is 5.30. The van der Waals surface area contributed by atoms with E-state index >= 15 is 0 Å². The summed E-state index contributed by atoms with van der Waals surface area (Å²) in [5.41, 5.74) is 0.393. The first kappa shape index (κ1) is 14.3. The lowest BCUT2D eigenvalue weighted by Gasteiger charge is -2.08. The Labute approximate surface area is 135 Å². The van der Waals surface area contributed by atoms with Crippen molar-refractivity contribution in [2.24, 2.45) is 0 Å². The maximum atomic E-state index is 12.7. The van der Waals surface area contributed by atoms with Gasteiger partial charge in [-0.25, -0.2) is 17.4 Å². The number of benzene rings is 1. The highest BCUT2D eigenvalue weighted by Crippen LogP contribution is 2.29. The molecule has 0 aliphatic carbocycles. The molecule has 0 fully saturated rings. The molecule has 0 amide bonds. The molecule has 108 valence electrons. The third kappa shape index (κ3) is 2.30. The number of hydrogen-bond donors (Lipinski definition) is 0. The molecule has 3 rings (SSSR count). The minimum absolute atomic E-state index is 0.232. The maximum absolute atomic E-state index is 12.7. The monoisotopic (exact) mass is 414 g/mol. The van der Waals surface area contributed by atoms with Gasteiger partial charge in [-0.1, -0.05) is 18.2 Å². The first-order valence-electron chi connectivity index (χ1n) is 6.06. The third-order valence-electron chi connectivity index (χ3n) is 3.10. The smallest absolute Gasteiger partial charge is 0.269 e. The fraction of sp³-hybridized carbons (Fsp3) is 0.0714. The van der Waals surface area contributed by atoms with Crippen LogP contribution in [0.1, 0.15) is 0 Å². The molecule has 0 N–H and O–H groups in total. The molecule has 0 aliphatic rings. The normalized spacial score (nSPS) is 11.7. The Balaban J connectivity index is 2.25. The van der Waals surface area contributed by atoms with E-state index in [-0.39, 0.29) is 4.90 Å². The van der Waals surface area contributed by atoms with Gasteiger partial charge in [0.15, 0.2) is 11.4 Å². The van der Waals surface area contributed by atoms with Gasteiger partial charge in [0.1, 0.15) is 0 Å². The standard InChI is InChI=1S/C14H11IN2O3S/c1-20-12-9-16-14-11(13(12)15)7-8-17(14)21(18,19)10-5-3-2-4-6-10/h2-9H,1H3. The van der Waals surface area contributed by atoms with Crippen molar-refractivity contribution in [3.8, 4) is 5.75 Å². The topological polar surface area (TPSA) is 61.2 Å². The zero-order valence-corrected chi connectivity index (χ0v) is 14.0.